The maximum atomic E-state index is 8.86. The number of hydrogen-bond acceptors (Lipinski definition) is 3. The first kappa shape index (κ1) is 13.1. The molecule has 1 aromatic rings. The Morgan fingerprint density at radius 2 is 2.33 bits per heavy atom. The number of rotatable bonds is 3. The Morgan fingerprint density at radius 3 is 3.00 bits per heavy atom. The van der Waals surface area contributed by atoms with Crippen LogP contribution in [0.3, 0.4) is 0 Å². The maximum Gasteiger partial charge on any atom is 0.0991 e. The van der Waals surface area contributed by atoms with Gasteiger partial charge in [0.15, 0.2) is 0 Å². The van der Waals surface area contributed by atoms with E-state index in [0.29, 0.717) is 6.10 Å². The van der Waals surface area contributed by atoms with Crippen molar-refractivity contribution < 1.29 is 4.74 Å². The number of nitriles is 1. The number of nitrogens with zero attached hydrogens (tertiary/aromatic N) is 2. The topological polar surface area (TPSA) is 36.3 Å². The fourth-order valence-corrected chi connectivity index (χ4v) is 2.35. The van der Waals surface area contributed by atoms with Crippen LogP contribution in [0.5, 0.6) is 0 Å². The molecule has 1 saturated heterocycles. The highest BCUT2D eigenvalue weighted by molar-refractivity contribution is 5.37. The molecule has 2 rings (SSSR count). The van der Waals surface area contributed by atoms with Crippen LogP contribution in [0.1, 0.15) is 30.0 Å². The lowest BCUT2D eigenvalue weighted by atomic mass is 10.0. The van der Waals surface area contributed by atoms with E-state index in [9.17, 15) is 0 Å². The molecule has 1 aromatic carbocycles. The molecule has 1 heterocycles. The molecule has 96 valence electrons. The second kappa shape index (κ2) is 5.99. The van der Waals surface area contributed by atoms with Gasteiger partial charge in [-0.15, -0.1) is 0 Å². The summed E-state index contributed by atoms with van der Waals surface area (Å²) in [5.74, 6) is 0. The summed E-state index contributed by atoms with van der Waals surface area (Å²) in [6.45, 7) is 8.03. The van der Waals surface area contributed by atoms with E-state index in [1.807, 2.05) is 12.1 Å². The van der Waals surface area contributed by atoms with Crippen molar-refractivity contribution in [2.75, 3.05) is 19.7 Å². The number of hydrogen-bond donors (Lipinski definition) is 0. The van der Waals surface area contributed by atoms with Gasteiger partial charge in [0.1, 0.15) is 0 Å². The molecule has 1 aliphatic rings. The van der Waals surface area contributed by atoms with Gasteiger partial charge in [0, 0.05) is 19.6 Å². The summed E-state index contributed by atoms with van der Waals surface area (Å²) in [5.41, 5.74) is 3.25. The highest BCUT2D eigenvalue weighted by atomic mass is 16.5. The average Bonchev–Trinajstić information content (AvgIpc) is 2.41. The summed E-state index contributed by atoms with van der Waals surface area (Å²) < 4.78 is 5.68. The van der Waals surface area contributed by atoms with Gasteiger partial charge in [0.05, 0.1) is 24.3 Å². The third kappa shape index (κ3) is 3.10. The van der Waals surface area contributed by atoms with E-state index < -0.39 is 0 Å². The summed E-state index contributed by atoms with van der Waals surface area (Å²) in [6, 6.07) is 8.12. The SMILES string of the molecule is CCC1CN(Cc2ccc(C#N)cc2C)CCO1. The van der Waals surface area contributed by atoms with Crippen LogP contribution in [0, 0.1) is 18.3 Å². The smallest absolute Gasteiger partial charge is 0.0991 e. The summed E-state index contributed by atoms with van der Waals surface area (Å²) in [6.07, 6.45) is 1.44. The van der Waals surface area contributed by atoms with Gasteiger partial charge < -0.3 is 4.74 Å². The van der Waals surface area contributed by atoms with E-state index in [-0.39, 0.29) is 0 Å². The van der Waals surface area contributed by atoms with Gasteiger partial charge in [0.2, 0.25) is 0 Å². The quantitative estimate of drug-likeness (QED) is 0.819. The molecule has 3 heteroatoms. The second-order valence-corrected chi connectivity index (χ2v) is 4.89. The number of aryl methyl sites for hydroxylation is 1. The lowest BCUT2D eigenvalue weighted by Gasteiger charge is -2.32. The minimum Gasteiger partial charge on any atom is -0.376 e. The molecule has 1 unspecified atom stereocenters. The van der Waals surface area contributed by atoms with Crippen LogP contribution in [-0.4, -0.2) is 30.7 Å². The molecular formula is C15H20N2O. The normalized spacial score (nSPS) is 20.6. The lowest BCUT2D eigenvalue weighted by Crippen LogP contribution is -2.41. The van der Waals surface area contributed by atoms with Crippen molar-refractivity contribution in [2.24, 2.45) is 0 Å². The maximum absolute atomic E-state index is 8.86. The van der Waals surface area contributed by atoms with E-state index in [1.165, 1.54) is 11.1 Å². The van der Waals surface area contributed by atoms with E-state index in [4.69, 9.17) is 10.00 Å². The molecule has 0 bridgehead atoms. The molecule has 18 heavy (non-hydrogen) atoms. The molecule has 0 saturated carbocycles. The molecule has 1 fully saturated rings. The standard InChI is InChI=1S/C15H20N2O/c1-3-15-11-17(6-7-18-15)10-14-5-4-13(9-16)8-12(14)2/h4-5,8,15H,3,6-7,10-11H2,1-2H3. The molecule has 0 radical (unpaired) electrons. The molecule has 1 aliphatic heterocycles. The fraction of sp³-hybridized carbons (Fsp3) is 0.533. The van der Waals surface area contributed by atoms with Crippen molar-refractivity contribution in [1.82, 2.24) is 4.90 Å². The summed E-state index contributed by atoms with van der Waals surface area (Å²) in [5, 5.41) is 8.86. The molecule has 0 amide bonds. The summed E-state index contributed by atoms with van der Waals surface area (Å²) >= 11 is 0. The van der Waals surface area contributed by atoms with Crippen LogP contribution in [0.2, 0.25) is 0 Å². The molecule has 0 aromatic heterocycles. The Morgan fingerprint density at radius 1 is 1.50 bits per heavy atom. The van der Waals surface area contributed by atoms with Crippen molar-refractivity contribution >= 4 is 0 Å². The molecule has 0 aliphatic carbocycles. The zero-order valence-electron chi connectivity index (χ0n) is 11.1. The van der Waals surface area contributed by atoms with Gasteiger partial charge in [-0.05, 0) is 36.6 Å². The van der Waals surface area contributed by atoms with Gasteiger partial charge in [-0.3, -0.25) is 4.90 Å². The van der Waals surface area contributed by atoms with Gasteiger partial charge in [-0.25, -0.2) is 0 Å². The molecular weight excluding hydrogens is 224 g/mol. The highest BCUT2D eigenvalue weighted by Crippen LogP contribution is 2.16. The second-order valence-electron chi connectivity index (χ2n) is 4.89. The largest absolute Gasteiger partial charge is 0.376 e. The Hall–Kier alpha value is -1.37. The minimum atomic E-state index is 0.373. The first-order valence-electron chi connectivity index (χ1n) is 6.56. The summed E-state index contributed by atoms with van der Waals surface area (Å²) in [4.78, 5) is 2.44. The highest BCUT2D eigenvalue weighted by Gasteiger charge is 2.19. The van der Waals surface area contributed by atoms with Crippen molar-refractivity contribution in [1.29, 1.82) is 5.26 Å². The van der Waals surface area contributed by atoms with Crippen molar-refractivity contribution in [3.05, 3.63) is 34.9 Å². The van der Waals surface area contributed by atoms with E-state index in [1.54, 1.807) is 0 Å². The fourth-order valence-electron chi connectivity index (χ4n) is 2.35. The number of ether oxygens (including phenoxy) is 1. The third-order valence-electron chi connectivity index (χ3n) is 3.54. The molecule has 0 N–H and O–H groups in total. The zero-order chi connectivity index (χ0) is 13.0. The predicted octanol–water partition coefficient (Wildman–Crippen LogP) is 2.48. The Balaban J connectivity index is 2.03. The summed E-state index contributed by atoms with van der Waals surface area (Å²) in [7, 11) is 0. The predicted molar refractivity (Wildman–Crippen MR) is 71.2 cm³/mol. The van der Waals surface area contributed by atoms with Crippen molar-refractivity contribution in [2.45, 2.75) is 32.9 Å². The van der Waals surface area contributed by atoms with Gasteiger partial charge in [0.25, 0.3) is 0 Å². The van der Waals surface area contributed by atoms with Crippen LogP contribution in [0.15, 0.2) is 18.2 Å². The van der Waals surface area contributed by atoms with E-state index >= 15 is 0 Å². The average molecular weight is 244 g/mol. The van der Waals surface area contributed by atoms with E-state index in [2.05, 4.69) is 30.9 Å². The molecule has 0 spiro atoms. The molecule has 1 atom stereocenters. The van der Waals surface area contributed by atoms with E-state index in [0.717, 1.165) is 38.2 Å². The minimum absolute atomic E-state index is 0.373. The first-order chi connectivity index (χ1) is 8.72. The number of morpholine rings is 1. The van der Waals surface area contributed by atoms with Crippen LogP contribution in [-0.2, 0) is 11.3 Å². The number of benzene rings is 1. The van der Waals surface area contributed by atoms with Gasteiger partial charge in [-0.2, -0.15) is 5.26 Å². The zero-order valence-corrected chi connectivity index (χ0v) is 11.1. The van der Waals surface area contributed by atoms with Gasteiger partial charge >= 0.3 is 0 Å². The molecule has 3 nitrogen and oxygen atoms in total. The van der Waals surface area contributed by atoms with Crippen LogP contribution in [0.25, 0.3) is 0 Å². The van der Waals surface area contributed by atoms with Crippen LogP contribution in [0.4, 0.5) is 0 Å². The lowest BCUT2D eigenvalue weighted by molar-refractivity contribution is -0.0325. The van der Waals surface area contributed by atoms with Crippen LogP contribution >= 0.6 is 0 Å². The monoisotopic (exact) mass is 244 g/mol. The first-order valence-corrected chi connectivity index (χ1v) is 6.56. The van der Waals surface area contributed by atoms with Crippen molar-refractivity contribution in [3.63, 3.8) is 0 Å². The third-order valence-corrected chi connectivity index (χ3v) is 3.54. The van der Waals surface area contributed by atoms with Crippen molar-refractivity contribution in [3.8, 4) is 6.07 Å². The Kier molecular flexibility index (Phi) is 4.35. The Labute approximate surface area is 109 Å². The van der Waals surface area contributed by atoms with Gasteiger partial charge in [-0.1, -0.05) is 13.0 Å². The Bertz CT molecular complexity index is 450. The van der Waals surface area contributed by atoms with Crippen LogP contribution < -0.4 is 0 Å².